The number of carboxylic acid groups (broad SMARTS) is 1. The smallest absolute Gasteiger partial charge is 0.337 e. The van der Waals surface area contributed by atoms with Gasteiger partial charge < -0.3 is 10.0 Å². The molecular formula is C16H25N3O2. The lowest BCUT2D eigenvalue weighted by atomic mass is 10.1. The summed E-state index contributed by atoms with van der Waals surface area (Å²) in [7, 11) is 2.03. The van der Waals surface area contributed by atoms with E-state index in [0.717, 1.165) is 25.1 Å². The van der Waals surface area contributed by atoms with Gasteiger partial charge in [-0.25, -0.2) is 14.8 Å². The molecule has 1 aromatic heterocycles. The predicted octanol–water partition coefficient (Wildman–Crippen LogP) is 3.73. The zero-order valence-electron chi connectivity index (χ0n) is 13.6. The molecule has 0 saturated carbocycles. The SMILES string of the molecule is CCCC/C(=N\c1ccc(C(=O)O)cn1)N(C)C(C)(C)C. The van der Waals surface area contributed by atoms with Crippen LogP contribution in [0.15, 0.2) is 23.3 Å². The summed E-state index contributed by atoms with van der Waals surface area (Å²) in [5, 5.41) is 8.88. The molecular weight excluding hydrogens is 266 g/mol. The highest BCUT2D eigenvalue weighted by molar-refractivity contribution is 5.88. The van der Waals surface area contributed by atoms with Gasteiger partial charge in [0.25, 0.3) is 0 Å². The molecule has 5 heteroatoms. The zero-order valence-corrected chi connectivity index (χ0v) is 13.6. The molecule has 21 heavy (non-hydrogen) atoms. The molecule has 0 radical (unpaired) electrons. The summed E-state index contributed by atoms with van der Waals surface area (Å²) in [4.78, 5) is 21.7. The molecule has 5 nitrogen and oxygen atoms in total. The highest BCUT2D eigenvalue weighted by Crippen LogP contribution is 2.18. The number of nitrogens with zero attached hydrogens (tertiary/aromatic N) is 3. The van der Waals surface area contributed by atoms with E-state index in [9.17, 15) is 4.79 Å². The van der Waals surface area contributed by atoms with Gasteiger partial charge in [0.15, 0.2) is 5.82 Å². The van der Waals surface area contributed by atoms with Crippen molar-refractivity contribution >= 4 is 17.6 Å². The molecule has 0 amide bonds. The number of amidine groups is 1. The van der Waals surface area contributed by atoms with Gasteiger partial charge in [0, 0.05) is 25.2 Å². The average molecular weight is 291 g/mol. The van der Waals surface area contributed by atoms with Crippen LogP contribution in [0.5, 0.6) is 0 Å². The van der Waals surface area contributed by atoms with Gasteiger partial charge in [-0.1, -0.05) is 13.3 Å². The number of carbonyl (C=O) groups is 1. The van der Waals surface area contributed by atoms with Crippen LogP contribution in [0, 0.1) is 0 Å². The average Bonchev–Trinajstić information content (AvgIpc) is 2.42. The molecule has 0 aliphatic carbocycles. The number of hydrogen-bond acceptors (Lipinski definition) is 3. The van der Waals surface area contributed by atoms with E-state index in [1.165, 1.54) is 12.3 Å². The molecule has 1 rings (SSSR count). The molecule has 0 saturated heterocycles. The Hall–Kier alpha value is -1.91. The molecule has 0 fully saturated rings. The second-order valence-corrected chi connectivity index (χ2v) is 6.07. The molecule has 1 aromatic rings. The van der Waals surface area contributed by atoms with Gasteiger partial charge in [0.05, 0.1) is 5.56 Å². The first-order valence-electron chi connectivity index (χ1n) is 7.26. The standard InChI is InChI=1S/C16H25N3O2/c1-6-7-8-14(19(5)16(2,3)4)18-13-10-9-12(11-17-13)15(20)21/h9-11H,6-8H2,1-5H3,(H,20,21)/b18-14+. The fraction of sp³-hybridized carbons (Fsp3) is 0.562. The lowest BCUT2D eigenvalue weighted by Crippen LogP contribution is -2.42. The highest BCUT2D eigenvalue weighted by atomic mass is 16.4. The Balaban J connectivity index is 3.03. The molecule has 0 aliphatic heterocycles. The minimum absolute atomic E-state index is 0.0203. The lowest BCUT2D eigenvalue weighted by Gasteiger charge is -2.35. The molecule has 116 valence electrons. The number of unbranched alkanes of at least 4 members (excludes halogenated alkanes) is 1. The largest absolute Gasteiger partial charge is 0.478 e. The third kappa shape index (κ3) is 5.17. The fourth-order valence-electron chi connectivity index (χ4n) is 1.73. The van der Waals surface area contributed by atoms with E-state index < -0.39 is 5.97 Å². The van der Waals surface area contributed by atoms with Gasteiger partial charge >= 0.3 is 5.97 Å². The molecule has 1 heterocycles. The number of pyridine rings is 1. The lowest BCUT2D eigenvalue weighted by molar-refractivity contribution is 0.0696. The van der Waals surface area contributed by atoms with Crippen molar-refractivity contribution in [2.75, 3.05) is 7.05 Å². The normalized spacial score (nSPS) is 12.3. The Morgan fingerprint density at radius 3 is 2.48 bits per heavy atom. The van der Waals surface area contributed by atoms with Crippen LogP contribution in [0.4, 0.5) is 5.82 Å². The van der Waals surface area contributed by atoms with Gasteiger partial charge in [0.1, 0.15) is 5.84 Å². The zero-order chi connectivity index (χ0) is 16.0. The van der Waals surface area contributed by atoms with Crippen LogP contribution in [0.1, 0.15) is 57.3 Å². The van der Waals surface area contributed by atoms with Crippen LogP contribution in [-0.2, 0) is 0 Å². The van der Waals surface area contributed by atoms with Crippen LogP contribution in [0.25, 0.3) is 0 Å². The predicted molar refractivity (Wildman–Crippen MR) is 85.3 cm³/mol. The Morgan fingerprint density at radius 1 is 1.38 bits per heavy atom. The topological polar surface area (TPSA) is 65.8 Å². The maximum absolute atomic E-state index is 10.8. The second-order valence-electron chi connectivity index (χ2n) is 6.07. The molecule has 1 N–H and O–H groups in total. The van der Waals surface area contributed by atoms with Crippen molar-refractivity contribution in [3.05, 3.63) is 23.9 Å². The van der Waals surface area contributed by atoms with E-state index >= 15 is 0 Å². The summed E-state index contributed by atoms with van der Waals surface area (Å²) in [6, 6.07) is 3.18. The Bertz CT molecular complexity index is 501. The number of hydrogen-bond donors (Lipinski definition) is 1. The van der Waals surface area contributed by atoms with Crippen molar-refractivity contribution in [1.29, 1.82) is 0 Å². The molecule has 0 spiro atoms. The minimum atomic E-state index is -0.976. The van der Waals surface area contributed by atoms with Crippen LogP contribution in [0.3, 0.4) is 0 Å². The van der Waals surface area contributed by atoms with Crippen LogP contribution in [0.2, 0.25) is 0 Å². The fourth-order valence-corrected chi connectivity index (χ4v) is 1.73. The number of aliphatic imine (C=N–C) groups is 1. The third-order valence-corrected chi connectivity index (χ3v) is 3.39. The number of rotatable bonds is 5. The molecule has 0 atom stereocenters. The number of aromatic carboxylic acids is 1. The third-order valence-electron chi connectivity index (χ3n) is 3.39. The van der Waals surface area contributed by atoms with Crippen LogP contribution >= 0.6 is 0 Å². The molecule has 0 bridgehead atoms. The Kier molecular flexibility index (Phi) is 5.88. The highest BCUT2D eigenvalue weighted by Gasteiger charge is 2.20. The van der Waals surface area contributed by atoms with Gasteiger partial charge in [-0.15, -0.1) is 0 Å². The van der Waals surface area contributed by atoms with Gasteiger partial charge in [0.2, 0.25) is 0 Å². The van der Waals surface area contributed by atoms with Crippen LogP contribution in [-0.4, -0.2) is 39.4 Å². The van der Waals surface area contributed by atoms with Gasteiger partial charge in [-0.05, 0) is 39.3 Å². The van der Waals surface area contributed by atoms with Crippen molar-refractivity contribution in [2.45, 2.75) is 52.5 Å². The van der Waals surface area contributed by atoms with E-state index in [-0.39, 0.29) is 11.1 Å². The summed E-state index contributed by atoms with van der Waals surface area (Å²) >= 11 is 0. The molecule has 0 aliphatic rings. The number of aromatic nitrogens is 1. The first-order chi connectivity index (χ1) is 9.75. The Labute approximate surface area is 126 Å². The quantitative estimate of drug-likeness (QED) is 0.663. The minimum Gasteiger partial charge on any atom is -0.478 e. The molecule has 0 aromatic carbocycles. The second kappa shape index (κ2) is 7.20. The van der Waals surface area contributed by atoms with Crippen molar-refractivity contribution in [3.8, 4) is 0 Å². The van der Waals surface area contributed by atoms with E-state index in [1.807, 2.05) is 7.05 Å². The van der Waals surface area contributed by atoms with E-state index in [2.05, 4.69) is 42.6 Å². The monoisotopic (exact) mass is 291 g/mol. The van der Waals surface area contributed by atoms with Gasteiger partial charge in [-0.3, -0.25) is 0 Å². The summed E-state index contributed by atoms with van der Waals surface area (Å²) in [5.74, 6) is 0.540. The summed E-state index contributed by atoms with van der Waals surface area (Å²) in [6.07, 6.45) is 4.39. The van der Waals surface area contributed by atoms with E-state index in [0.29, 0.717) is 5.82 Å². The van der Waals surface area contributed by atoms with Crippen molar-refractivity contribution in [3.63, 3.8) is 0 Å². The van der Waals surface area contributed by atoms with Crippen molar-refractivity contribution in [2.24, 2.45) is 4.99 Å². The van der Waals surface area contributed by atoms with E-state index in [4.69, 9.17) is 5.11 Å². The van der Waals surface area contributed by atoms with Gasteiger partial charge in [-0.2, -0.15) is 0 Å². The summed E-state index contributed by atoms with van der Waals surface area (Å²) in [5.41, 5.74) is 0.154. The van der Waals surface area contributed by atoms with Crippen molar-refractivity contribution < 1.29 is 9.90 Å². The van der Waals surface area contributed by atoms with Crippen LogP contribution < -0.4 is 0 Å². The Morgan fingerprint density at radius 2 is 2.05 bits per heavy atom. The number of carboxylic acids is 1. The molecule has 0 unspecified atom stereocenters. The maximum Gasteiger partial charge on any atom is 0.337 e. The first kappa shape index (κ1) is 17.1. The van der Waals surface area contributed by atoms with Crippen molar-refractivity contribution in [1.82, 2.24) is 9.88 Å². The maximum atomic E-state index is 10.8. The summed E-state index contributed by atoms with van der Waals surface area (Å²) in [6.45, 7) is 8.55. The first-order valence-corrected chi connectivity index (χ1v) is 7.26. The summed E-state index contributed by atoms with van der Waals surface area (Å²) < 4.78 is 0. The van der Waals surface area contributed by atoms with E-state index in [1.54, 1.807) is 6.07 Å².